The molecule has 1 saturated heterocycles. The molecule has 3 heterocycles. The third-order valence-electron chi connectivity index (χ3n) is 3.91. The number of alkyl halides is 3. The van der Waals surface area contributed by atoms with Crippen LogP contribution in [0.4, 0.5) is 18.0 Å². The van der Waals surface area contributed by atoms with Gasteiger partial charge < -0.3 is 14.5 Å². The zero-order chi connectivity index (χ0) is 18.4. The first-order valence-corrected chi connectivity index (χ1v) is 7.80. The number of hydrogen-bond acceptors (Lipinski definition) is 5. The quantitative estimate of drug-likeness (QED) is 0.775. The van der Waals surface area contributed by atoms with E-state index in [1.165, 1.54) is 11.0 Å². The molecule has 3 rings (SSSR count). The maximum atomic E-state index is 12.6. The number of amides is 1. The van der Waals surface area contributed by atoms with Crippen LogP contribution in [0, 0.1) is 5.92 Å². The van der Waals surface area contributed by atoms with Crippen molar-refractivity contribution in [2.75, 3.05) is 13.1 Å². The molecular formula is C16H18F3N3O3. The third kappa shape index (κ3) is 3.69. The fourth-order valence-electron chi connectivity index (χ4n) is 2.79. The Balaban J connectivity index is 1.71. The van der Waals surface area contributed by atoms with E-state index in [0.29, 0.717) is 24.4 Å². The first kappa shape index (κ1) is 17.5. The van der Waals surface area contributed by atoms with Gasteiger partial charge in [0.15, 0.2) is 6.10 Å². The molecule has 0 bridgehead atoms. The highest BCUT2D eigenvalue weighted by molar-refractivity contribution is 6.03. The number of nitrogens with zero attached hydrogens (tertiary/aromatic N) is 3. The molecule has 6 nitrogen and oxygen atoms in total. The smallest absolute Gasteiger partial charge is 0.433 e. The van der Waals surface area contributed by atoms with Gasteiger partial charge in [0.2, 0.25) is 0 Å². The van der Waals surface area contributed by atoms with Crippen LogP contribution in [-0.2, 0) is 15.8 Å². The highest BCUT2D eigenvalue weighted by Gasteiger charge is 2.45. The summed E-state index contributed by atoms with van der Waals surface area (Å²) < 4.78 is 43.2. The lowest BCUT2D eigenvalue weighted by Gasteiger charge is -2.24. The number of rotatable bonds is 1. The molecule has 0 N–H and O–H groups in total. The number of oxime groups is 1. The van der Waals surface area contributed by atoms with Crippen molar-refractivity contribution in [1.29, 1.82) is 0 Å². The van der Waals surface area contributed by atoms with E-state index in [4.69, 9.17) is 9.57 Å². The summed E-state index contributed by atoms with van der Waals surface area (Å²) in [4.78, 5) is 22.5. The lowest BCUT2D eigenvalue weighted by atomic mass is 9.96. The Morgan fingerprint density at radius 2 is 2.00 bits per heavy atom. The van der Waals surface area contributed by atoms with Gasteiger partial charge in [-0.25, -0.2) is 4.79 Å². The molecule has 2 aliphatic heterocycles. The second-order valence-corrected chi connectivity index (χ2v) is 7.04. The van der Waals surface area contributed by atoms with Gasteiger partial charge in [0.1, 0.15) is 11.3 Å². The average Bonchev–Trinajstić information content (AvgIpc) is 3.04. The Morgan fingerprint density at radius 1 is 1.28 bits per heavy atom. The number of ether oxygens (including phenoxy) is 1. The first-order valence-electron chi connectivity index (χ1n) is 7.80. The van der Waals surface area contributed by atoms with Crippen molar-refractivity contribution >= 4 is 11.8 Å². The number of aromatic nitrogens is 1. The number of carbonyl (C=O) groups excluding carboxylic acids is 1. The van der Waals surface area contributed by atoms with Crippen molar-refractivity contribution in [3.05, 3.63) is 29.6 Å². The van der Waals surface area contributed by atoms with Gasteiger partial charge in [0, 0.05) is 18.3 Å². The normalized spacial score (nSPS) is 23.1. The first-order chi connectivity index (χ1) is 11.5. The average molecular weight is 357 g/mol. The molecule has 9 heteroatoms. The summed E-state index contributed by atoms with van der Waals surface area (Å²) >= 11 is 0. The molecule has 136 valence electrons. The number of carbonyl (C=O) groups is 1. The van der Waals surface area contributed by atoms with E-state index >= 15 is 0 Å². The van der Waals surface area contributed by atoms with E-state index in [9.17, 15) is 18.0 Å². The predicted molar refractivity (Wildman–Crippen MR) is 81.9 cm³/mol. The van der Waals surface area contributed by atoms with Crippen LogP contribution in [-0.4, -0.2) is 46.5 Å². The van der Waals surface area contributed by atoms with E-state index in [1.54, 1.807) is 20.8 Å². The van der Waals surface area contributed by atoms with E-state index in [-0.39, 0.29) is 12.0 Å². The zero-order valence-corrected chi connectivity index (χ0v) is 14.0. The summed E-state index contributed by atoms with van der Waals surface area (Å²) in [6.45, 7) is 5.98. The Kier molecular flexibility index (Phi) is 4.12. The lowest BCUT2D eigenvalue weighted by Crippen LogP contribution is -2.36. The predicted octanol–water partition coefficient (Wildman–Crippen LogP) is 3.07. The number of pyridine rings is 1. The molecule has 0 unspecified atom stereocenters. The number of halogens is 3. The number of hydrogen-bond donors (Lipinski definition) is 0. The van der Waals surface area contributed by atoms with E-state index in [0.717, 1.165) is 12.3 Å². The fraction of sp³-hybridized carbons (Fsp3) is 0.562. The second-order valence-electron chi connectivity index (χ2n) is 7.04. The van der Waals surface area contributed by atoms with Crippen molar-refractivity contribution in [2.24, 2.45) is 11.1 Å². The maximum absolute atomic E-state index is 12.6. The Bertz CT molecular complexity index is 695. The molecule has 2 aliphatic rings. The number of likely N-dealkylation sites (tertiary alicyclic amines) is 1. The Hall–Kier alpha value is -2.32. The highest BCUT2D eigenvalue weighted by Crippen LogP contribution is 2.32. The Morgan fingerprint density at radius 3 is 2.56 bits per heavy atom. The summed E-state index contributed by atoms with van der Waals surface area (Å²) in [5.41, 5.74) is -0.623. The summed E-state index contributed by atoms with van der Waals surface area (Å²) in [7, 11) is 0. The molecular weight excluding hydrogens is 339 g/mol. The van der Waals surface area contributed by atoms with Crippen molar-refractivity contribution < 1.29 is 27.5 Å². The molecule has 0 aliphatic carbocycles. The van der Waals surface area contributed by atoms with Crippen LogP contribution in [0.25, 0.3) is 0 Å². The molecule has 1 aromatic heterocycles. The van der Waals surface area contributed by atoms with Gasteiger partial charge in [0.05, 0.1) is 18.2 Å². The van der Waals surface area contributed by atoms with Crippen LogP contribution in [0.15, 0.2) is 23.5 Å². The molecule has 25 heavy (non-hydrogen) atoms. The van der Waals surface area contributed by atoms with E-state index < -0.39 is 23.6 Å². The molecule has 0 aromatic carbocycles. The SMILES string of the molecule is CC(C)(C)OC(=O)N1C[C@@H]2C(c3ccc(C(F)(F)F)nc3)=NO[C@@H]2C1. The topological polar surface area (TPSA) is 64.0 Å². The van der Waals surface area contributed by atoms with Crippen LogP contribution >= 0.6 is 0 Å². The van der Waals surface area contributed by atoms with Crippen molar-refractivity contribution in [2.45, 2.75) is 38.7 Å². The van der Waals surface area contributed by atoms with Crippen molar-refractivity contribution in [3.63, 3.8) is 0 Å². The Labute approximate surface area is 142 Å². The van der Waals surface area contributed by atoms with Crippen LogP contribution in [0.1, 0.15) is 32.0 Å². The molecule has 0 radical (unpaired) electrons. The second kappa shape index (κ2) is 5.89. The molecule has 1 amide bonds. The minimum Gasteiger partial charge on any atom is -0.444 e. The van der Waals surface area contributed by atoms with Crippen LogP contribution in [0.3, 0.4) is 0 Å². The van der Waals surface area contributed by atoms with Gasteiger partial charge in [-0.3, -0.25) is 4.98 Å². The van der Waals surface area contributed by atoms with Crippen LogP contribution < -0.4 is 0 Å². The largest absolute Gasteiger partial charge is 0.444 e. The van der Waals surface area contributed by atoms with Gasteiger partial charge in [-0.2, -0.15) is 13.2 Å². The molecule has 0 saturated carbocycles. The summed E-state index contributed by atoms with van der Waals surface area (Å²) in [6, 6.07) is 2.22. The van der Waals surface area contributed by atoms with Gasteiger partial charge in [0.25, 0.3) is 0 Å². The number of fused-ring (bicyclic) bond motifs is 1. The third-order valence-corrected chi connectivity index (χ3v) is 3.91. The molecule has 1 aromatic rings. The standard InChI is InChI=1S/C16H18F3N3O3/c1-15(2,3)24-14(23)22-7-10-11(8-22)25-21-13(10)9-4-5-12(20-6-9)16(17,18)19/h4-6,10-11H,7-8H2,1-3H3/t10-,11+/m0/s1. The van der Waals surface area contributed by atoms with Crippen molar-refractivity contribution in [1.82, 2.24) is 9.88 Å². The van der Waals surface area contributed by atoms with Gasteiger partial charge >= 0.3 is 12.3 Å². The maximum Gasteiger partial charge on any atom is 0.433 e. The summed E-state index contributed by atoms with van der Waals surface area (Å²) in [5, 5.41) is 3.97. The van der Waals surface area contributed by atoms with Gasteiger partial charge in [-0.15, -0.1) is 0 Å². The zero-order valence-electron chi connectivity index (χ0n) is 14.0. The summed E-state index contributed by atoms with van der Waals surface area (Å²) in [5.74, 6) is -0.217. The van der Waals surface area contributed by atoms with Crippen LogP contribution in [0.2, 0.25) is 0 Å². The molecule has 0 spiro atoms. The lowest BCUT2D eigenvalue weighted by molar-refractivity contribution is -0.141. The van der Waals surface area contributed by atoms with E-state index in [1.807, 2.05) is 0 Å². The minimum absolute atomic E-state index is 0.217. The molecule has 1 fully saturated rings. The minimum atomic E-state index is -4.49. The van der Waals surface area contributed by atoms with Gasteiger partial charge in [-0.1, -0.05) is 5.16 Å². The van der Waals surface area contributed by atoms with Crippen LogP contribution in [0.5, 0.6) is 0 Å². The monoisotopic (exact) mass is 357 g/mol. The highest BCUT2D eigenvalue weighted by atomic mass is 19.4. The van der Waals surface area contributed by atoms with E-state index in [2.05, 4.69) is 10.1 Å². The van der Waals surface area contributed by atoms with Crippen molar-refractivity contribution in [3.8, 4) is 0 Å². The van der Waals surface area contributed by atoms with Gasteiger partial charge in [-0.05, 0) is 32.9 Å². The summed E-state index contributed by atoms with van der Waals surface area (Å²) in [6.07, 6.45) is -4.14. The fourth-order valence-corrected chi connectivity index (χ4v) is 2.79. The molecule has 2 atom stereocenters.